The second-order valence-corrected chi connectivity index (χ2v) is 7.42. The fraction of sp³-hybridized carbons (Fsp3) is 0.500. The molecule has 2 heterocycles. The molecule has 0 bridgehead atoms. The van der Waals surface area contributed by atoms with Crippen LogP contribution in [0, 0.1) is 0 Å². The van der Waals surface area contributed by atoms with E-state index in [2.05, 4.69) is 12.1 Å². The van der Waals surface area contributed by atoms with Gasteiger partial charge in [-0.05, 0) is 49.9 Å². The fourth-order valence-corrected chi connectivity index (χ4v) is 4.24. The molecule has 0 N–H and O–H groups in total. The van der Waals surface area contributed by atoms with Crippen molar-refractivity contribution in [2.24, 2.45) is 0 Å². The first-order chi connectivity index (χ1) is 9.95. The van der Waals surface area contributed by atoms with Gasteiger partial charge in [-0.1, -0.05) is 21.6 Å². The predicted octanol–water partition coefficient (Wildman–Crippen LogP) is 5.60. The van der Waals surface area contributed by atoms with Crippen molar-refractivity contribution in [3.63, 3.8) is 0 Å². The second kappa shape index (κ2) is 10.1. The maximum Gasteiger partial charge on any atom is 0.103 e. The average molecular weight is 310 g/mol. The van der Waals surface area contributed by atoms with E-state index < -0.39 is 0 Å². The molecule has 0 atom stereocenters. The molecule has 0 amide bonds. The standard InChI is InChI=1S/C16H22O2S2/c1(7-15-9-5-11-17-15)3-13-19-20-14-4-2-8-16-10-6-12-18-16/h5-6,9-12H,1-4,7-8,13-14H2. The van der Waals surface area contributed by atoms with Gasteiger partial charge in [0.15, 0.2) is 0 Å². The van der Waals surface area contributed by atoms with Gasteiger partial charge in [-0.15, -0.1) is 0 Å². The first kappa shape index (κ1) is 15.6. The Hall–Kier alpha value is -0.740. The van der Waals surface area contributed by atoms with Gasteiger partial charge in [-0.25, -0.2) is 0 Å². The molecule has 0 saturated heterocycles. The molecule has 0 radical (unpaired) electrons. The van der Waals surface area contributed by atoms with Gasteiger partial charge in [0, 0.05) is 24.3 Å². The molecule has 20 heavy (non-hydrogen) atoms. The molecule has 2 aromatic rings. The van der Waals surface area contributed by atoms with Crippen molar-refractivity contribution in [3.8, 4) is 0 Å². The largest absolute Gasteiger partial charge is 0.469 e. The van der Waals surface area contributed by atoms with E-state index in [-0.39, 0.29) is 0 Å². The second-order valence-electron chi connectivity index (χ2n) is 4.72. The van der Waals surface area contributed by atoms with E-state index in [1.807, 2.05) is 33.7 Å². The molecule has 4 heteroatoms. The van der Waals surface area contributed by atoms with Gasteiger partial charge in [-0.2, -0.15) is 0 Å². The van der Waals surface area contributed by atoms with Crippen molar-refractivity contribution in [2.45, 2.75) is 38.5 Å². The number of unbranched alkanes of at least 4 members (excludes halogenated alkanes) is 2. The van der Waals surface area contributed by atoms with Gasteiger partial charge in [-0.3, -0.25) is 0 Å². The Kier molecular flexibility index (Phi) is 7.87. The van der Waals surface area contributed by atoms with E-state index in [4.69, 9.17) is 8.83 Å². The zero-order valence-corrected chi connectivity index (χ0v) is 13.4. The van der Waals surface area contributed by atoms with Crippen LogP contribution in [0.25, 0.3) is 0 Å². The third-order valence-electron chi connectivity index (χ3n) is 3.05. The molecule has 2 rings (SSSR count). The molecule has 0 aromatic carbocycles. The van der Waals surface area contributed by atoms with E-state index in [0.717, 1.165) is 24.4 Å². The van der Waals surface area contributed by atoms with Crippen molar-refractivity contribution in [1.82, 2.24) is 0 Å². The van der Waals surface area contributed by atoms with Crippen LogP contribution in [0.5, 0.6) is 0 Å². The number of aryl methyl sites for hydroxylation is 2. The highest BCUT2D eigenvalue weighted by molar-refractivity contribution is 8.76. The molecule has 2 nitrogen and oxygen atoms in total. The van der Waals surface area contributed by atoms with Crippen molar-refractivity contribution >= 4 is 21.6 Å². The van der Waals surface area contributed by atoms with E-state index >= 15 is 0 Å². The van der Waals surface area contributed by atoms with Crippen molar-refractivity contribution in [1.29, 1.82) is 0 Å². The summed E-state index contributed by atoms with van der Waals surface area (Å²) < 4.78 is 10.6. The highest BCUT2D eigenvalue weighted by Gasteiger charge is 1.98. The van der Waals surface area contributed by atoms with Gasteiger partial charge in [0.25, 0.3) is 0 Å². The summed E-state index contributed by atoms with van der Waals surface area (Å²) in [5.74, 6) is 4.70. The van der Waals surface area contributed by atoms with Crippen LogP contribution < -0.4 is 0 Å². The zero-order valence-electron chi connectivity index (χ0n) is 11.8. The van der Waals surface area contributed by atoms with Crippen LogP contribution in [0.3, 0.4) is 0 Å². The van der Waals surface area contributed by atoms with E-state index in [1.54, 1.807) is 12.5 Å². The Morgan fingerprint density at radius 2 is 1.20 bits per heavy atom. The van der Waals surface area contributed by atoms with Crippen molar-refractivity contribution < 1.29 is 8.83 Å². The summed E-state index contributed by atoms with van der Waals surface area (Å²) in [4.78, 5) is 0. The molecule has 2 aromatic heterocycles. The molecule has 0 unspecified atom stereocenters. The summed E-state index contributed by atoms with van der Waals surface area (Å²) in [5, 5.41) is 0. The summed E-state index contributed by atoms with van der Waals surface area (Å²) in [6, 6.07) is 8.03. The first-order valence-corrected chi connectivity index (χ1v) is 9.73. The molecular formula is C16H22O2S2. The molecule has 0 fully saturated rings. The normalized spacial score (nSPS) is 11.0. The van der Waals surface area contributed by atoms with Gasteiger partial charge >= 0.3 is 0 Å². The Bertz CT molecular complexity index is 381. The lowest BCUT2D eigenvalue weighted by Crippen LogP contribution is -1.86. The van der Waals surface area contributed by atoms with Crippen LogP contribution in [0.2, 0.25) is 0 Å². The van der Waals surface area contributed by atoms with Crippen molar-refractivity contribution in [2.75, 3.05) is 11.5 Å². The minimum atomic E-state index is 1.07. The molecule has 0 aliphatic carbocycles. The van der Waals surface area contributed by atoms with Gasteiger partial charge in [0.2, 0.25) is 0 Å². The van der Waals surface area contributed by atoms with Crippen LogP contribution in [0.4, 0.5) is 0 Å². The third-order valence-corrected chi connectivity index (χ3v) is 5.62. The lowest BCUT2D eigenvalue weighted by Gasteiger charge is -2.01. The minimum Gasteiger partial charge on any atom is -0.469 e. The van der Waals surface area contributed by atoms with Crippen molar-refractivity contribution in [3.05, 3.63) is 48.3 Å². The quantitative estimate of drug-likeness (QED) is 0.398. The Morgan fingerprint density at radius 3 is 1.60 bits per heavy atom. The third kappa shape index (κ3) is 6.62. The number of rotatable bonds is 11. The van der Waals surface area contributed by atoms with E-state index in [9.17, 15) is 0 Å². The average Bonchev–Trinajstić information content (AvgIpc) is 3.14. The summed E-state index contributed by atoms with van der Waals surface area (Å²) in [6.07, 6.45) is 10.6. The maximum absolute atomic E-state index is 5.32. The van der Waals surface area contributed by atoms with Crippen LogP contribution in [-0.4, -0.2) is 11.5 Å². The first-order valence-electron chi connectivity index (χ1n) is 7.24. The van der Waals surface area contributed by atoms with Gasteiger partial charge < -0.3 is 8.83 Å². The molecular weight excluding hydrogens is 288 g/mol. The predicted molar refractivity (Wildman–Crippen MR) is 88.2 cm³/mol. The molecule has 110 valence electrons. The smallest absolute Gasteiger partial charge is 0.103 e. The van der Waals surface area contributed by atoms with Crippen LogP contribution in [0.1, 0.15) is 37.2 Å². The SMILES string of the molecule is c1coc(CCCCSSCCCCc2ccco2)c1. The Balaban J connectivity index is 1.33. The van der Waals surface area contributed by atoms with Crippen LogP contribution >= 0.6 is 21.6 Å². The summed E-state index contributed by atoms with van der Waals surface area (Å²) in [6.45, 7) is 0. The summed E-state index contributed by atoms with van der Waals surface area (Å²) in [5.41, 5.74) is 0. The molecule has 0 spiro atoms. The lowest BCUT2D eigenvalue weighted by molar-refractivity contribution is 0.500. The minimum absolute atomic E-state index is 1.07. The van der Waals surface area contributed by atoms with Gasteiger partial charge in [0.1, 0.15) is 11.5 Å². The molecule has 0 aliphatic heterocycles. The van der Waals surface area contributed by atoms with E-state index in [0.29, 0.717) is 0 Å². The zero-order chi connectivity index (χ0) is 13.9. The molecule has 0 aliphatic rings. The number of furan rings is 2. The highest BCUT2D eigenvalue weighted by atomic mass is 33.1. The fourth-order valence-electron chi connectivity index (χ4n) is 1.95. The summed E-state index contributed by atoms with van der Waals surface area (Å²) in [7, 11) is 4.00. The number of hydrogen-bond acceptors (Lipinski definition) is 4. The Labute approximate surface area is 129 Å². The van der Waals surface area contributed by atoms with E-state index in [1.165, 1.54) is 37.2 Å². The maximum atomic E-state index is 5.32. The highest BCUT2D eigenvalue weighted by Crippen LogP contribution is 2.24. The number of hydrogen-bond donors (Lipinski definition) is 0. The molecule has 0 saturated carbocycles. The summed E-state index contributed by atoms with van der Waals surface area (Å²) >= 11 is 0. The monoisotopic (exact) mass is 310 g/mol. The van der Waals surface area contributed by atoms with Gasteiger partial charge in [0.05, 0.1) is 12.5 Å². The Morgan fingerprint density at radius 1 is 0.700 bits per heavy atom. The lowest BCUT2D eigenvalue weighted by atomic mass is 10.2. The van der Waals surface area contributed by atoms with Crippen LogP contribution in [0.15, 0.2) is 45.6 Å². The van der Waals surface area contributed by atoms with Crippen LogP contribution in [-0.2, 0) is 12.8 Å². The topological polar surface area (TPSA) is 26.3 Å².